The van der Waals surface area contributed by atoms with Gasteiger partial charge in [-0.1, -0.05) is 0 Å². The highest BCUT2D eigenvalue weighted by Gasteiger charge is 2.15. The molecule has 1 aromatic carbocycles. The zero-order valence-electron chi connectivity index (χ0n) is 8.53. The van der Waals surface area contributed by atoms with Gasteiger partial charge in [-0.25, -0.2) is 0 Å². The first-order valence-corrected chi connectivity index (χ1v) is 5.27. The number of hydrogen-bond donors (Lipinski definition) is 1. The van der Waals surface area contributed by atoms with Crippen molar-refractivity contribution in [3.8, 4) is 5.75 Å². The monoisotopic (exact) mass is 206 g/mol. The maximum Gasteiger partial charge on any atom is 0.159 e. The zero-order chi connectivity index (χ0) is 10.1. The van der Waals surface area contributed by atoms with Gasteiger partial charge >= 0.3 is 0 Å². The summed E-state index contributed by atoms with van der Waals surface area (Å²) in [7, 11) is 0. The van der Waals surface area contributed by atoms with E-state index in [9.17, 15) is 0 Å². The van der Waals surface area contributed by atoms with Crippen LogP contribution in [0.15, 0.2) is 18.2 Å². The van der Waals surface area contributed by atoms with Crippen LogP contribution in [0.25, 0.3) is 0 Å². The summed E-state index contributed by atoms with van der Waals surface area (Å²) in [4.78, 5) is 2.32. The molecule has 1 aromatic rings. The number of benzene rings is 1. The molecule has 0 saturated carbocycles. The lowest BCUT2D eigenvalue weighted by atomic mass is 10.2. The standard InChI is InChI=1S/C11H14N2O2/c1-2-10-11(15-8-12-10)7-9(1)13-3-5-14-6-4-13/h1-2,7,12H,3-6,8H2. The third kappa shape index (κ3) is 1.61. The molecule has 1 fully saturated rings. The predicted molar refractivity (Wildman–Crippen MR) is 58.6 cm³/mol. The molecule has 0 atom stereocenters. The van der Waals surface area contributed by atoms with E-state index in [0.29, 0.717) is 6.73 Å². The summed E-state index contributed by atoms with van der Waals surface area (Å²) >= 11 is 0. The van der Waals surface area contributed by atoms with E-state index in [0.717, 1.165) is 37.7 Å². The minimum atomic E-state index is 0.585. The highest BCUT2D eigenvalue weighted by Crippen LogP contribution is 2.33. The first-order chi connectivity index (χ1) is 7.43. The molecule has 2 aliphatic heterocycles. The van der Waals surface area contributed by atoms with Gasteiger partial charge in [-0.15, -0.1) is 0 Å². The van der Waals surface area contributed by atoms with Crippen LogP contribution in [-0.4, -0.2) is 33.0 Å². The average Bonchev–Trinajstić information content (AvgIpc) is 2.77. The van der Waals surface area contributed by atoms with Gasteiger partial charge in [-0.2, -0.15) is 0 Å². The van der Waals surface area contributed by atoms with Crippen LogP contribution in [0.5, 0.6) is 5.75 Å². The second-order valence-corrected chi connectivity index (χ2v) is 3.75. The summed E-state index contributed by atoms with van der Waals surface area (Å²) in [5.41, 5.74) is 2.31. The molecule has 0 aromatic heterocycles. The molecule has 0 aliphatic carbocycles. The molecule has 0 spiro atoms. The number of fused-ring (bicyclic) bond motifs is 1. The highest BCUT2D eigenvalue weighted by atomic mass is 16.5. The van der Waals surface area contributed by atoms with Gasteiger partial charge in [0.1, 0.15) is 5.75 Å². The van der Waals surface area contributed by atoms with Gasteiger partial charge < -0.3 is 19.7 Å². The third-order valence-electron chi connectivity index (χ3n) is 2.83. The van der Waals surface area contributed by atoms with E-state index < -0.39 is 0 Å². The number of rotatable bonds is 1. The minimum Gasteiger partial charge on any atom is -0.471 e. The van der Waals surface area contributed by atoms with E-state index in [2.05, 4.69) is 28.4 Å². The Bertz CT molecular complexity index is 362. The Morgan fingerprint density at radius 2 is 2.07 bits per heavy atom. The van der Waals surface area contributed by atoms with Crippen LogP contribution in [0.2, 0.25) is 0 Å². The molecule has 2 heterocycles. The summed E-state index contributed by atoms with van der Waals surface area (Å²) in [5, 5.41) is 3.16. The van der Waals surface area contributed by atoms with Crippen LogP contribution in [0, 0.1) is 0 Å². The second kappa shape index (κ2) is 3.62. The fraction of sp³-hybridized carbons (Fsp3) is 0.455. The van der Waals surface area contributed by atoms with E-state index in [-0.39, 0.29) is 0 Å². The van der Waals surface area contributed by atoms with Crippen molar-refractivity contribution in [2.24, 2.45) is 0 Å². The third-order valence-corrected chi connectivity index (χ3v) is 2.83. The molecule has 0 amide bonds. The van der Waals surface area contributed by atoms with E-state index in [1.165, 1.54) is 5.69 Å². The van der Waals surface area contributed by atoms with E-state index in [1.807, 2.05) is 0 Å². The topological polar surface area (TPSA) is 33.7 Å². The fourth-order valence-corrected chi connectivity index (χ4v) is 1.99. The number of nitrogens with zero attached hydrogens (tertiary/aromatic N) is 1. The van der Waals surface area contributed by atoms with Crippen LogP contribution < -0.4 is 15.0 Å². The molecule has 15 heavy (non-hydrogen) atoms. The Morgan fingerprint density at radius 1 is 1.20 bits per heavy atom. The second-order valence-electron chi connectivity index (χ2n) is 3.75. The Kier molecular flexibility index (Phi) is 2.14. The first-order valence-electron chi connectivity index (χ1n) is 5.27. The number of ether oxygens (including phenoxy) is 2. The SMILES string of the molecule is c1cc2c(cc1N1CCOCC1)OCN2. The summed E-state index contributed by atoms with van der Waals surface area (Å²) in [6, 6.07) is 6.31. The van der Waals surface area contributed by atoms with Gasteiger partial charge in [0.15, 0.2) is 6.73 Å². The number of anilines is 2. The van der Waals surface area contributed by atoms with Crippen LogP contribution in [0.1, 0.15) is 0 Å². The van der Waals surface area contributed by atoms with Gasteiger partial charge in [-0.05, 0) is 12.1 Å². The van der Waals surface area contributed by atoms with Gasteiger partial charge in [0.25, 0.3) is 0 Å². The van der Waals surface area contributed by atoms with Crippen molar-refractivity contribution in [2.45, 2.75) is 0 Å². The van der Waals surface area contributed by atoms with E-state index in [1.54, 1.807) is 0 Å². The normalized spacial score (nSPS) is 19.3. The van der Waals surface area contributed by atoms with Crippen molar-refractivity contribution in [1.82, 2.24) is 0 Å². The molecule has 2 aliphatic rings. The summed E-state index contributed by atoms with van der Waals surface area (Å²) < 4.78 is 10.8. The predicted octanol–water partition coefficient (Wildman–Crippen LogP) is 1.28. The Labute approximate surface area is 88.8 Å². The quantitative estimate of drug-likeness (QED) is 0.750. The summed E-state index contributed by atoms with van der Waals surface area (Å²) in [5.74, 6) is 0.957. The van der Waals surface area contributed by atoms with Gasteiger partial charge in [0.05, 0.1) is 18.9 Å². The smallest absolute Gasteiger partial charge is 0.159 e. The lowest BCUT2D eigenvalue weighted by Gasteiger charge is -2.28. The molecule has 0 radical (unpaired) electrons. The summed E-state index contributed by atoms with van der Waals surface area (Å²) in [6.45, 7) is 4.15. The zero-order valence-corrected chi connectivity index (χ0v) is 8.53. The summed E-state index contributed by atoms with van der Waals surface area (Å²) in [6.07, 6.45) is 0. The van der Waals surface area contributed by atoms with Crippen LogP contribution >= 0.6 is 0 Å². The van der Waals surface area contributed by atoms with Gasteiger partial charge in [-0.3, -0.25) is 0 Å². The molecule has 4 heteroatoms. The number of hydrogen-bond acceptors (Lipinski definition) is 4. The molecule has 80 valence electrons. The van der Waals surface area contributed by atoms with Crippen molar-refractivity contribution in [3.05, 3.63) is 18.2 Å². The van der Waals surface area contributed by atoms with Crippen molar-refractivity contribution in [3.63, 3.8) is 0 Å². The molecule has 1 N–H and O–H groups in total. The van der Waals surface area contributed by atoms with Crippen LogP contribution in [0.4, 0.5) is 11.4 Å². The number of morpholine rings is 1. The van der Waals surface area contributed by atoms with Gasteiger partial charge in [0, 0.05) is 24.8 Å². The van der Waals surface area contributed by atoms with Crippen LogP contribution in [0.3, 0.4) is 0 Å². The van der Waals surface area contributed by atoms with Crippen molar-refractivity contribution in [1.29, 1.82) is 0 Å². The maximum absolute atomic E-state index is 5.46. The highest BCUT2D eigenvalue weighted by molar-refractivity contribution is 5.66. The molecule has 4 nitrogen and oxygen atoms in total. The Balaban J connectivity index is 1.85. The lowest BCUT2D eigenvalue weighted by Crippen LogP contribution is -2.36. The van der Waals surface area contributed by atoms with E-state index in [4.69, 9.17) is 9.47 Å². The van der Waals surface area contributed by atoms with Crippen LogP contribution in [-0.2, 0) is 4.74 Å². The number of nitrogens with one attached hydrogen (secondary N) is 1. The van der Waals surface area contributed by atoms with Crippen molar-refractivity contribution < 1.29 is 9.47 Å². The van der Waals surface area contributed by atoms with Crippen molar-refractivity contribution in [2.75, 3.05) is 43.3 Å². The molecular weight excluding hydrogens is 192 g/mol. The van der Waals surface area contributed by atoms with Gasteiger partial charge in [0.2, 0.25) is 0 Å². The molecular formula is C11H14N2O2. The molecule has 3 rings (SSSR count). The Hall–Kier alpha value is -1.42. The average molecular weight is 206 g/mol. The van der Waals surface area contributed by atoms with E-state index >= 15 is 0 Å². The molecule has 0 bridgehead atoms. The fourth-order valence-electron chi connectivity index (χ4n) is 1.99. The van der Waals surface area contributed by atoms with Crippen molar-refractivity contribution >= 4 is 11.4 Å². The Morgan fingerprint density at radius 3 is 2.93 bits per heavy atom. The molecule has 0 unspecified atom stereocenters. The lowest BCUT2D eigenvalue weighted by molar-refractivity contribution is 0.122. The largest absolute Gasteiger partial charge is 0.471 e. The first kappa shape index (κ1) is 8.85. The maximum atomic E-state index is 5.46. The minimum absolute atomic E-state index is 0.585. The molecule has 1 saturated heterocycles.